The third-order valence-corrected chi connectivity index (χ3v) is 5.91. The molecule has 0 radical (unpaired) electrons. The number of aromatic amines is 1. The van der Waals surface area contributed by atoms with Crippen LogP contribution in [0.1, 0.15) is 5.69 Å². The van der Waals surface area contributed by atoms with E-state index in [-0.39, 0.29) is 22.4 Å². The Morgan fingerprint density at radius 1 is 1.40 bits per heavy atom. The zero-order chi connectivity index (χ0) is 14.8. The van der Waals surface area contributed by atoms with Crippen LogP contribution < -0.4 is 14.9 Å². The quantitative estimate of drug-likeness (QED) is 0.622. The highest BCUT2D eigenvalue weighted by Crippen LogP contribution is 2.15. The minimum Gasteiger partial charge on any atom is -0.339 e. The lowest BCUT2D eigenvalue weighted by molar-refractivity contribution is -0.130. The number of amides is 1. The number of aryl methyl sites for hydroxylation is 1. The summed E-state index contributed by atoms with van der Waals surface area (Å²) in [5.41, 5.74) is 0.280. The zero-order valence-corrected chi connectivity index (χ0v) is 12.6. The molecule has 2 heterocycles. The summed E-state index contributed by atoms with van der Waals surface area (Å²) in [6.07, 6.45) is 0. The fraction of sp³-hybridized carbons (Fsp3) is 0.600. The second-order valence-electron chi connectivity index (χ2n) is 4.38. The van der Waals surface area contributed by atoms with Crippen molar-refractivity contribution in [3.8, 4) is 0 Å². The van der Waals surface area contributed by atoms with E-state index >= 15 is 0 Å². The molecule has 0 unspecified atom stereocenters. The molecule has 3 N–H and O–H groups in total. The van der Waals surface area contributed by atoms with Gasteiger partial charge in [0.05, 0.1) is 6.54 Å². The molecular formula is C10H16N4O4S2. The predicted octanol–water partition coefficient (Wildman–Crippen LogP) is -1.55. The van der Waals surface area contributed by atoms with Crippen LogP contribution in [0.3, 0.4) is 0 Å². The normalized spacial score (nSPS) is 16.4. The van der Waals surface area contributed by atoms with E-state index in [9.17, 15) is 18.0 Å². The van der Waals surface area contributed by atoms with Crippen LogP contribution in [-0.4, -0.2) is 56.9 Å². The first-order chi connectivity index (χ1) is 9.40. The number of rotatable bonds is 4. The van der Waals surface area contributed by atoms with Crippen LogP contribution in [0.25, 0.3) is 0 Å². The summed E-state index contributed by atoms with van der Waals surface area (Å²) in [4.78, 5) is 26.6. The largest absolute Gasteiger partial charge is 0.339 e. The Morgan fingerprint density at radius 3 is 2.60 bits per heavy atom. The number of carbonyl (C=O) groups is 1. The highest BCUT2D eigenvalue weighted by atomic mass is 32.2. The molecule has 0 bridgehead atoms. The van der Waals surface area contributed by atoms with Gasteiger partial charge in [0.2, 0.25) is 5.91 Å². The Morgan fingerprint density at radius 2 is 2.05 bits per heavy atom. The van der Waals surface area contributed by atoms with Gasteiger partial charge in [0, 0.05) is 31.9 Å². The molecule has 1 amide bonds. The number of sulfonamides is 1. The molecule has 20 heavy (non-hydrogen) atoms. The maximum Gasteiger partial charge on any atom is 0.305 e. The fourth-order valence-corrected chi connectivity index (χ4v) is 4.21. The molecular weight excluding hydrogens is 304 g/mol. The number of nitrogens with one attached hydrogen (secondary N) is 3. The molecule has 10 heteroatoms. The topological polar surface area (TPSA) is 111 Å². The number of nitrogens with zero attached hydrogens (tertiary/aromatic N) is 1. The predicted molar refractivity (Wildman–Crippen MR) is 74.3 cm³/mol. The van der Waals surface area contributed by atoms with Gasteiger partial charge in [-0.2, -0.15) is 0 Å². The number of H-pyrrole nitrogens is 1. The summed E-state index contributed by atoms with van der Waals surface area (Å²) >= 11 is 0.612. The number of hydrogen-bond donors (Lipinski definition) is 3. The average molecular weight is 320 g/mol. The van der Waals surface area contributed by atoms with E-state index in [2.05, 4.69) is 15.0 Å². The summed E-state index contributed by atoms with van der Waals surface area (Å²) in [6.45, 7) is 3.75. The van der Waals surface area contributed by atoms with Crippen molar-refractivity contribution >= 4 is 27.3 Å². The van der Waals surface area contributed by atoms with Gasteiger partial charge in [-0.05, 0) is 6.92 Å². The summed E-state index contributed by atoms with van der Waals surface area (Å²) in [5, 5.41) is 3.11. The molecule has 2 rings (SSSR count). The second-order valence-corrected chi connectivity index (χ2v) is 7.33. The Kier molecular flexibility index (Phi) is 4.58. The van der Waals surface area contributed by atoms with Crippen LogP contribution in [0.2, 0.25) is 0 Å². The monoisotopic (exact) mass is 320 g/mol. The molecule has 1 aromatic rings. The van der Waals surface area contributed by atoms with E-state index in [1.54, 1.807) is 4.90 Å². The van der Waals surface area contributed by atoms with Crippen molar-refractivity contribution < 1.29 is 13.2 Å². The van der Waals surface area contributed by atoms with Crippen LogP contribution in [0.15, 0.2) is 9.00 Å². The van der Waals surface area contributed by atoms with Crippen molar-refractivity contribution in [3.05, 3.63) is 15.4 Å². The number of thiazole rings is 1. The number of hydrogen-bond acceptors (Lipinski definition) is 6. The van der Waals surface area contributed by atoms with Gasteiger partial charge in [0.25, 0.3) is 10.0 Å². The second kappa shape index (κ2) is 6.04. The third-order valence-electron chi connectivity index (χ3n) is 2.91. The van der Waals surface area contributed by atoms with Gasteiger partial charge in [0.1, 0.15) is 0 Å². The van der Waals surface area contributed by atoms with Gasteiger partial charge in [-0.3, -0.25) is 9.59 Å². The number of aromatic nitrogens is 1. The van der Waals surface area contributed by atoms with Crippen LogP contribution in [-0.2, 0) is 14.8 Å². The molecule has 1 aromatic heterocycles. The minimum atomic E-state index is -3.83. The molecule has 8 nitrogen and oxygen atoms in total. The molecule has 0 atom stereocenters. The number of carbonyl (C=O) groups excluding carboxylic acids is 1. The molecule has 0 saturated carbocycles. The molecule has 0 aromatic carbocycles. The van der Waals surface area contributed by atoms with Crippen molar-refractivity contribution in [2.75, 3.05) is 32.7 Å². The van der Waals surface area contributed by atoms with Crippen molar-refractivity contribution in [2.24, 2.45) is 0 Å². The van der Waals surface area contributed by atoms with Crippen molar-refractivity contribution in [3.63, 3.8) is 0 Å². The molecule has 0 aliphatic carbocycles. The minimum absolute atomic E-state index is 0.0735. The zero-order valence-electron chi connectivity index (χ0n) is 10.9. The highest BCUT2D eigenvalue weighted by molar-refractivity contribution is 7.91. The van der Waals surface area contributed by atoms with Gasteiger partial charge < -0.3 is 15.2 Å². The van der Waals surface area contributed by atoms with Crippen LogP contribution in [0.4, 0.5) is 0 Å². The molecule has 1 saturated heterocycles. The molecule has 1 aliphatic heterocycles. The molecule has 1 aliphatic rings. The summed E-state index contributed by atoms with van der Waals surface area (Å²) < 4.78 is 26.2. The van der Waals surface area contributed by atoms with Gasteiger partial charge in [-0.25, -0.2) is 13.1 Å². The van der Waals surface area contributed by atoms with E-state index in [0.717, 1.165) is 0 Å². The maximum atomic E-state index is 12.0. The van der Waals surface area contributed by atoms with Crippen LogP contribution in [0.5, 0.6) is 0 Å². The van der Waals surface area contributed by atoms with Gasteiger partial charge in [-0.15, -0.1) is 0 Å². The van der Waals surface area contributed by atoms with Gasteiger partial charge >= 0.3 is 4.87 Å². The first kappa shape index (κ1) is 15.2. The Bertz CT molecular complexity index is 642. The lowest BCUT2D eigenvalue weighted by Gasteiger charge is -2.27. The smallest absolute Gasteiger partial charge is 0.305 e. The fourth-order valence-electron chi connectivity index (χ4n) is 1.90. The molecule has 1 fully saturated rings. The van der Waals surface area contributed by atoms with Crippen molar-refractivity contribution in [2.45, 2.75) is 11.1 Å². The van der Waals surface area contributed by atoms with Crippen LogP contribution in [0, 0.1) is 6.92 Å². The molecule has 0 spiro atoms. The van der Waals surface area contributed by atoms with E-state index < -0.39 is 14.9 Å². The average Bonchev–Trinajstić information content (AvgIpc) is 2.77. The van der Waals surface area contributed by atoms with Gasteiger partial charge in [0.15, 0.2) is 4.21 Å². The van der Waals surface area contributed by atoms with Crippen LogP contribution >= 0.6 is 11.3 Å². The van der Waals surface area contributed by atoms with E-state index in [4.69, 9.17) is 0 Å². The van der Waals surface area contributed by atoms with E-state index in [0.29, 0.717) is 37.5 Å². The third kappa shape index (κ3) is 3.45. The highest BCUT2D eigenvalue weighted by Gasteiger charge is 2.23. The maximum absolute atomic E-state index is 12.0. The van der Waals surface area contributed by atoms with Gasteiger partial charge in [-0.1, -0.05) is 11.3 Å². The Balaban J connectivity index is 2.00. The number of piperazine rings is 1. The Labute approximate surface area is 120 Å². The van der Waals surface area contributed by atoms with Crippen molar-refractivity contribution in [1.29, 1.82) is 0 Å². The molecule has 112 valence electrons. The lowest BCUT2D eigenvalue weighted by atomic mass is 10.3. The van der Waals surface area contributed by atoms with E-state index in [1.165, 1.54) is 6.92 Å². The SMILES string of the molecule is Cc1[nH]c(=O)sc1S(=O)(=O)NCC(=O)N1CCNCC1. The first-order valence-corrected chi connectivity index (χ1v) is 8.38. The first-order valence-electron chi connectivity index (χ1n) is 6.08. The Hall–Kier alpha value is -1.23. The summed E-state index contributed by atoms with van der Waals surface area (Å²) in [7, 11) is -3.83. The standard InChI is InChI=1S/C10H16N4O4S2/c1-7-9(19-10(16)13-7)20(17,18)12-6-8(15)14-4-2-11-3-5-14/h11-12H,2-6H2,1H3,(H,13,16). The summed E-state index contributed by atoms with van der Waals surface area (Å²) in [5.74, 6) is -0.268. The van der Waals surface area contributed by atoms with E-state index in [1.807, 2.05) is 0 Å². The lowest BCUT2D eigenvalue weighted by Crippen LogP contribution is -2.49. The van der Waals surface area contributed by atoms with Crippen molar-refractivity contribution in [1.82, 2.24) is 19.9 Å². The summed E-state index contributed by atoms with van der Waals surface area (Å²) in [6, 6.07) is 0.